The van der Waals surface area contributed by atoms with Gasteiger partial charge in [-0.25, -0.2) is 4.68 Å². The molecule has 0 aliphatic carbocycles. The second-order valence-corrected chi connectivity index (χ2v) is 4.02. The molecule has 1 aromatic heterocycles. The van der Waals surface area contributed by atoms with Gasteiger partial charge in [-0.1, -0.05) is 12.1 Å². The largest absolute Gasteiger partial charge is 0.340 e. The summed E-state index contributed by atoms with van der Waals surface area (Å²) in [6.45, 7) is 1.64. The Hall–Kier alpha value is -2.75. The van der Waals surface area contributed by atoms with E-state index in [-0.39, 0.29) is 12.3 Å². The molecule has 7 nitrogen and oxygen atoms in total. The van der Waals surface area contributed by atoms with Crippen molar-refractivity contribution in [3.63, 3.8) is 0 Å². The highest BCUT2D eigenvalue weighted by atomic mass is 16.1. The number of hydrogen-bond acceptors (Lipinski definition) is 5. The van der Waals surface area contributed by atoms with Crippen LogP contribution in [0.2, 0.25) is 0 Å². The van der Waals surface area contributed by atoms with Crippen molar-refractivity contribution in [3.05, 3.63) is 36.2 Å². The van der Waals surface area contributed by atoms with Crippen molar-refractivity contribution < 1.29 is 4.79 Å². The third-order valence-electron chi connectivity index (χ3n) is 2.49. The summed E-state index contributed by atoms with van der Waals surface area (Å²) in [6.07, 6.45) is 1.73. The molecular weight excluding hydrogens is 244 g/mol. The van der Waals surface area contributed by atoms with Crippen LogP contribution in [0.25, 0.3) is 5.69 Å². The molecule has 7 heteroatoms. The molecule has 0 spiro atoms. The third-order valence-corrected chi connectivity index (χ3v) is 2.49. The number of nitrogens with one attached hydrogen (secondary N) is 1. The Balaban J connectivity index is 2.00. The molecule has 0 radical (unpaired) electrons. The van der Waals surface area contributed by atoms with E-state index in [4.69, 9.17) is 5.26 Å². The number of amides is 1. The lowest BCUT2D eigenvalue weighted by Gasteiger charge is -2.06. The van der Waals surface area contributed by atoms with Gasteiger partial charge in [0.1, 0.15) is 12.4 Å². The van der Waals surface area contributed by atoms with Gasteiger partial charge in [-0.2, -0.15) is 5.26 Å². The Morgan fingerprint density at radius 2 is 2.21 bits per heavy atom. The standard InChI is InChI=1S/C12H12N6O/c1-9(7-13)15-12(19)6-10-2-4-11(5-3-10)18-8-14-16-17-18/h2-5,8-9H,6H2,1H3,(H,15,19)/t9-/m1/s1. The highest BCUT2D eigenvalue weighted by Crippen LogP contribution is 2.08. The molecule has 2 aromatic rings. The SMILES string of the molecule is C[C@H](C#N)NC(=O)Cc1ccc(-n2cnnn2)cc1. The predicted octanol–water partition coefficient (Wildman–Crippen LogP) is 0.233. The predicted molar refractivity (Wildman–Crippen MR) is 66.1 cm³/mol. The number of rotatable bonds is 4. The van der Waals surface area contributed by atoms with E-state index in [1.54, 1.807) is 6.92 Å². The number of aromatic nitrogens is 4. The van der Waals surface area contributed by atoms with E-state index in [9.17, 15) is 4.79 Å². The first-order valence-electron chi connectivity index (χ1n) is 5.70. The number of benzene rings is 1. The summed E-state index contributed by atoms with van der Waals surface area (Å²) in [5.74, 6) is -0.177. The molecule has 19 heavy (non-hydrogen) atoms. The summed E-state index contributed by atoms with van der Waals surface area (Å²) in [6, 6.07) is 8.78. The van der Waals surface area contributed by atoms with Crippen molar-refractivity contribution in [3.8, 4) is 11.8 Å². The molecule has 0 saturated carbocycles. The lowest BCUT2D eigenvalue weighted by atomic mass is 10.1. The molecule has 0 fully saturated rings. The minimum Gasteiger partial charge on any atom is -0.340 e. The van der Waals surface area contributed by atoms with E-state index in [1.165, 1.54) is 11.0 Å². The number of nitriles is 1. The monoisotopic (exact) mass is 256 g/mol. The van der Waals surface area contributed by atoms with Gasteiger partial charge in [-0.3, -0.25) is 4.79 Å². The maximum absolute atomic E-state index is 11.6. The molecule has 2 rings (SSSR count). The average molecular weight is 256 g/mol. The average Bonchev–Trinajstić information content (AvgIpc) is 2.93. The molecule has 0 aliphatic rings. The Morgan fingerprint density at radius 1 is 1.47 bits per heavy atom. The van der Waals surface area contributed by atoms with Crippen LogP contribution >= 0.6 is 0 Å². The fraction of sp³-hybridized carbons (Fsp3) is 0.250. The molecule has 0 unspecified atom stereocenters. The zero-order valence-electron chi connectivity index (χ0n) is 10.3. The number of hydrogen-bond donors (Lipinski definition) is 1. The Labute approximate surface area is 109 Å². The van der Waals surface area contributed by atoms with Crippen LogP contribution in [-0.4, -0.2) is 32.2 Å². The summed E-state index contributed by atoms with van der Waals surface area (Å²) in [5.41, 5.74) is 1.68. The molecule has 1 N–H and O–H groups in total. The Bertz CT molecular complexity index is 584. The van der Waals surface area contributed by atoms with Crippen LogP contribution in [0, 0.1) is 11.3 Å². The van der Waals surface area contributed by atoms with Crippen molar-refractivity contribution in [1.82, 2.24) is 25.5 Å². The first-order valence-corrected chi connectivity index (χ1v) is 5.70. The first kappa shape index (κ1) is 12.7. The van der Waals surface area contributed by atoms with Gasteiger partial charge in [0.2, 0.25) is 5.91 Å². The number of tetrazole rings is 1. The van der Waals surface area contributed by atoms with Crippen LogP contribution in [-0.2, 0) is 11.2 Å². The summed E-state index contributed by atoms with van der Waals surface area (Å²) in [5, 5.41) is 22.1. The summed E-state index contributed by atoms with van der Waals surface area (Å²) < 4.78 is 1.53. The van der Waals surface area contributed by atoms with Crippen LogP contribution in [0.1, 0.15) is 12.5 Å². The van der Waals surface area contributed by atoms with E-state index in [0.29, 0.717) is 0 Å². The Kier molecular flexibility index (Phi) is 3.83. The number of nitrogens with zero attached hydrogens (tertiary/aromatic N) is 5. The van der Waals surface area contributed by atoms with Crippen LogP contribution < -0.4 is 5.32 Å². The highest BCUT2D eigenvalue weighted by Gasteiger charge is 2.07. The third kappa shape index (κ3) is 3.35. The van der Waals surface area contributed by atoms with Gasteiger partial charge in [0.05, 0.1) is 18.2 Å². The molecule has 96 valence electrons. The van der Waals surface area contributed by atoms with Crippen molar-refractivity contribution in [2.24, 2.45) is 0 Å². The quantitative estimate of drug-likeness (QED) is 0.844. The van der Waals surface area contributed by atoms with Gasteiger partial charge in [-0.15, -0.1) is 5.10 Å². The van der Waals surface area contributed by atoms with Gasteiger partial charge >= 0.3 is 0 Å². The van der Waals surface area contributed by atoms with Gasteiger partial charge in [0.25, 0.3) is 0 Å². The molecular formula is C12H12N6O. The second kappa shape index (κ2) is 5.73. The van der Waals surface area contributed by atoms with Crippen molar-refractivity contribution in [1.29, 1.82) is 5.26 Å². The smallest absolute Gasteiger partial charge is 0.225 e. The molecule has 1 amide bonds. The zero-order valence-corrected chi connectivity index (χ0v) is 10.3. The molecule has 0 saturated heterocycles. The van der Waals surface area contributed by atoms with E-state index in [0.717, 1.165) is 11.3 Å². The second-order valence-electron chi connectivity index (χ2n) is 4.02. The van der Waals surface area contributed by atoms with Crippen molar-refractivity contribution in [2.75, 3.05) is 0 Å². The van der Waals surface area contributed by atoms with E-state index in [2.05, 4.69) is 20.8 Å². The van der Waals surface area contributed by atoms with E-state index in [1.807, 2.05) is 30.3 Å². The lowest BCUT2D eigenvalue weighted by molar-refractivity contribution is -0.120. The molecule has 0 bridgehead atoms. The molecule has 1 heterocycles. The Morgan fingerprint density at radius 3 is 2.79 bits per heavy atom. The van der Waals surface area contributed by atoms with E-state index < -0.39 is 6.04 Å². The van der Waals surface area contributed by atoms with Gasteiger partial charge in [0.15, 0.2) is 0 Å². The topological polar surface area (TPSA) is 96.5 Å². The minimum absolute atomic E-state index is 0.177. The van der Waals surface area contributed by atoms with Crippen LogP contribution in [0.3, 0.4) is 0 Å². The molecule has 1 aromatic carbocycles. The molecule has 0 aliphatic heterocycles. The number of carbonyl (C=O) groups excluding carboxylic acids is 1. The fourth-order valence-electron chi connectivity index (χ4n) is 1.56. The first-order chi connectivity index (χ1) is 9.19. The maximum Gasteiger partial charge on any atom is 0.225 e. The minimum atomic E-state index is -0.479. The van der Waals surface area contributed by atoms with Gasteiger partial charge in [-0.05, 0) is 35.0 Å². The van der Waals surface area contributed by atoms with Crippen molar-refractivity contribution >= 4 is 5.91 Å². The van der Waals surface area contributed by atoms with Gasteiger partial charge < -0.3 is 5.32 Å². The summed E-state index contributed by atoms with van der Waals surface area (Å²) in [4.78, 5) is 11.6. The number of carbonyl (C=O) groups is 1. The van der Waals surface area contributed by atoms with Crippen LogP contribution in [0.15, 0.2) is 30.6 Å². The summed E-state index contributed by atoms with van der Waals surface area (Å²) in [7, 11) is 0. The normalized spacial score (nSPS) is 11.6. The molecule has 1 atom stereocenters. The van der Waals surface area contributed by atoms with Crippen LogP contribution in [0.5, 0.6) is 0 Å². The maximum atomic E-state index is 11.6. The summed E-state index contributed by atoms with van der Waals surface area (Å²) >= 11 is 0. The van der Waals surface area contributed by atoms with Crippen molar-refractivity contribution in [2.45, 2.75) is 19.4 Å². The van der Waals surface area contributed by atoms with Gasteiger partial charge in [0, 0.05) is 0 Å². The van der Waals surface area contributed by atoms with Crippen LogP contribution in [0.4, 0.5) is 0 Å². The van der Waals surface area contributed by atoms with E-state index >= 15 is 0 Å². The fourth-order valence-corrected chi connectivity index (χ4v) is 1.56. The lowest BCUT2D eigenvalue weighted by Crippen LogP contribution is -2.32. The highest BCUT2D eigenvalue weighted by molar-refractivity contribution is 5.79. The zero-order chi connectivity index (χ0) is 13.7.